The third-order valence-corrected chi connectivity index (χ3v) is 6.13. The van der Waals surface area contributed by atoms with E-state index in [0.717, 1.165) is 16.9 Å². The molecular formula is C25H24NO5S-. The van der Waals surface area contributed by atoms with Gasteiger partial charge in [0.25, 0.3) is 0 Å². The van der Waals surface area contributed by atoms with Crippen molar-refractivity contribution in [1.29, 1.82) is 0 Å². The molecule has 7 heteroatoms. The van der Waals surface area contributed by atoms with Gasteiger partial charge in [0, 0.05) is 34.9 Å². The van der Waals surface area contributed by atoms with Gasteiger partial charge in [-0.2, -0.15) is 0 Å². The van der Waals surface area contributed by atoms with Gasteiger partial charge in [0.05, 0.1) is 0 Å². The van der Waals surface area contributed by atoms with Crippen LogP contribution in [0.1, 0.15) is 40.8 Å². The van der Waals surface area contributed by atoms with E-state index in [1.807, 2.05) is 12.1 Å². The molecule has 0 aromatic heterocycles. The average molecular weight is 451 g/mol. The molecule has 0 fully saturated rings. The summed E-state index contributed by atoms with van der Waals surface area (Å²) in [4.78, 5) is 10.9. The van der Waals surface area contributed by atoms with Gasteiger partial charge in [-0.25, -0.2) is 4.72 Å². The Labute approximate surface area is 190 Å². The molecule has 0 aliphatic carbocycles. The summed E-state index contributed by atoms with van der Waals surface area (Å²) in [6.07, 6.45) is 0.493. The van der Waals surface area contributed by atoms with Gasteiger partial charge in [-0.1, -0.05) is 48.5 Å². The van der Waals surface area contributed by atoms with E-state index in [-0.39, 0.29) is 12.5 Å². The molecule has 0 spiro atoms. The van der Waals surface area contributed by atoms with Crippen molar-refractivity contribution in [2.75, 3.05) is 6.61 Å². The molecule has 3 aromatic rings. The Balaban J connectivity index is 1.56. The van der Waals surface area contributed by atoms with Crippen molar-refractivity contribution >= 4 is 17.6 Å². The molecule has 6 nitrogen and oxygen atoms in total. The number of ether oxygens (including phenoxy) is 2. The number of nitrogens with one attached hydrogen (secondary N) is 1. The number of rotatable bonds is 8. The maximum Gasteiger partial charge on any atom is 0.161 e. The summed E-state index contributed by atoms with van der Waals surface area (Å²) in [5.41, 5.74) is 6.32. The van der Waals surface area contributed by atoms with Gasteiger partial charge < -0.3 is 18.8 Å². The predicted octanol–water partition coefficient (Wildman–Crippen LogP) is 4.50. The highest BCUT2D eigenvalue weighted by Gasteiger charge is 2.29. The second-order valence-electron chi connectivity index (χ2n) is 7.78. The summed E-state index contributed by atoms with van der Waals surface area (Å²) in [7, 11) is 0. The van der Waals surface area contributed by atoms with E-state index < -0.39 is 17.3 Å². The topological polar surface area (TPSA) is 87.7 Å². The van der Waals surface area contributed by atoms with E-state index in [1.165, 1.54) is 16.7 Å². The van der Waals surface area contributed by atoms with Crippen LogP contribution < -0.4 is 14.2 Å². The number of fused-ring (bicyclic) bond motifs is 1. The smallest absolute Gasteiger partial charge is 0.161 e. The first-order chi connectivity index (χ1) is 15.5. The van der Waals surface area contributed by atoms with Crippen LogP contribution in [-0.4, -0.2) is 21.7 Å². The Bertz CT molecular complexity index is 1130. The van der Waals surface area contributed by atoms with Crippen molar-refractivity contribution in [3.05, 3.63) is 82.9 Å². The van der Waals surface area contributed by atoms with Gasteiger partial charge in [-0.15, -0.1) is 0 Å². The minimum atomic E-state index is -2.46. The van der Waals surface area contributed by atoms with Crippen molar-refractivity contribution in [1.82, 2.24) is 4.72 Å². The highest BCUT2D eigenvalue weighted by atomic mass is 32.2. The molecule has 166 valence electrons. The third kappa shape index (κ3) is 4.60. The van der Waals surface area contributed by atoms with Crippen molar-refractivity contribution in [2.45, 2.75) is 32.4 Å². The zero-order chi connectivity index (χ0) is 22.7. The number of hydrogen-bond acceptors (Lipinski definition) is 5. The van der Waals surface area contributed by atoms with Crippen LogP contribution in [0.3, 0.4) is 0 Å². The largest absolute Gasteiger partial charge is 0.760 e. The molecule has 0 saturated heterocycles. The first-order valence-electron chi connectivity index (χ1n) is 10.4. The van der Waals surface area contributed by atoms with Gasteiger partial charge in [0.2, 0.25) is 0 Å². The Hall–Kier alpha value is -3.00. The predicted molar refractivity (Wildman–Crippen MR) is 122 cm³/mol. The normalized spacial score (nSPS) is 16.7. The molecule has 1 aliphatic heterocycles. The van der Waals surface area contributed by atoms with E-state index in [4.69, 9.17) is 9.47 Å². The molecule has 3 aromatic carbocycles. The van der Waals surface area contributed by atoms with Crippen LogP contribution in [0.2, 0.25) is 0 Å². The van der Waals surface area contributed by atoms with Gasteiger partial charge >= 0.3 is 0 Å². The molecule has 3 atom stereocenters. The van der Waals surface area contributed by atoms with E-state index in [1.54, 1.807) is 24.3 Å². The number of benzene rings is 3. The van der Waals surface area contributed by atoms with E-state index in [9.17, 15) is 13.6 Å². The summed E-state index contributed by atoms with van der Waals surface area (Å²) < 4.78 is 36.6. The summed E-state index contributed by atoms with van der Waals surface area (Å²) in [6, 6.07) is 18.8. The first kappa shape index (κ1) is 22.2. The maximum absolute atomic E-state index is 11.0. The first-order valence-corrected chi connectivity index (χ1v) is 11.4. The molecule has 0 bridgehead atoms. The number of aryl methyl sites for hydroxylation is 2. The lowest BCUT2D eigenvalue weighted by atomic mass is 9.93. The molecule has 0 radical (unpaired) electrons. The lowest BCUT2D eigenvalue weighted by molar-refractivity contribution is -0.108. The number of aldehydes is 1. The van der Waals surface area contributed by atoms with Gasteiger partial charge in [0.15, 0.2) is 6.10 Å². The molecule has 2 unspecified atom stereocenters. The lowest BCUT2D eigenvalue weighted by Crippen LogP contribution is -2.23. The highest BCUT2D eigenvalue weighted by molar-refractivity contribution is 7.77. The van der Waals surface area contributed by atoms with Crippen LogP contribution in [0.25, 0.3) is 11.1 Å². The SMILES string of the molecule is Cc1cccc(C)c1-c1cccc2c1OC[C@H]2Oc1ccc(C(CC=O)NS(=O)[O-])cc1. The molecule has 1 heterocycles. The molecule has 32 heavy (non-hydrogen) atoms. The van der Waals surface area contributed by atoms with Crippen LogP contribution in [0.15, 0.2) is 60.7 Å². The monoisotopic (exact) mass is 450 g/mol. The van der Waals surface area contributed by atoms with Gasteiger partial charge in [-0.3, -0.25) is 4.21 Å². The summed E-state index contributed by atoms with van der Waals surface area (Å²) in [5.74, 6) is 1.49. The fraction of sp³-hybridized carbons (Fsp3) is 0.240. The molecule has 1 aliphatic rings. The van der Waals surface area contributed by atoms with Crippen molar-refractivity contribution in [2.24, 2.45) is 0 Å². The standard InChI is InChI=1S/C25H25NO5S/c1-16-5-3-6-17(2)24(16)21-8-4-7-20-23(15-30-25(20)21)31-19-11-9-18(10-12-19)22(13-14-27)26-32(28)29/h3-12,14,22-23,26H,13,15H2,1-2H3,(H,28,29)/p-1/t22?,23-/m1/s1. The summed E-state index contributed by atoms with van der Waals surface area (Å²) in [6.45, 7) is 4.60. The molecule has 1 N–H and O–H groups in total. The van der Waals surface area contributed by atoms with Crippen LogP contribution in [-0.2, 0) is 16.1 Å². The van der Waals surface area contributed by atoms with E-state index in [2.05, 4.69) is 42.8 Å². The number of carbonyl (C=O) groups excluding carboxylic acids is 1. The summed E-state index contributed by atoms with van der Waals surface area (Å²) in [5, 5.41) is 0. The Morgan fingerprint density at radius 2 is 1.81 bits per heavy atom. The third-order valence-electron chi connectivity index (χ3n) is 5.65. The van der Waals surface area contributed by atoms with Gasteiger partial charge in [-0.05, 0) is 48.2 Å². The zero-order valence-electron chi connectivity index (χ0n) is 17.9. The number of para-hydroxylation sites is 1. The minimum Gasteiger partial charge on any atom is -0.760 e. The fourth-order valence-corrected chi connectivity index (χ4v) is 4.62. The van der Waals surface area contributed by atoms with Crippen LogP contribution in [0.4, 0.5) is 0 Å². The minimum absolute atomic E-state index is 0.0547. The van der Waals surface area contributed by atoms with Crippen LogP contribution in [0.5, 0.6) is 11.5 Å². The number of hydrogen-bond donors (Lipinski definition) is 1. The molecule has 0 amide bonds. The van der Waals surface area contributed by atoms with Crippen molar-refractivity contribution in [3.8, 4) is 22.6 Å². The van der Waals surface area contributed by atoms with E-state index in [0.29, 0.717) is 24.2 Å². The van der Waals surface area contributed by atoms with Crippen LogP contribution >= 0.6 is 0 Å². The molecular weight excluding hydrogens is 426 g/mol. The Morgan fingerprint density at radius 3 is 2.47 bits per heavy atom. The van der Waals surface area contributed by atoms with E-state index >= 15 is 0 Å². The molecule has 4 rings (SSSR count). The average Bonchev–Trinajstić information content (AvgIpc) is 3.17. The highest BCUT2D eigenvalue weighted by Crippen LogP contribution is 2.44. The fourth-order valence-electron chi connectivity index (χ4n) is 4.16. The van der Waals surface area contributed by atoms with Crippen molar-refractivity contribution in [3.63, 3.8) is 0 Å². The summed E-state index contributed by atoms with van der Waals surface area (Å²) >= 11 is -2.46. The lowest BCUT2D eigenvalue weighted by Gasteiger charge is -2.19. The quantitative estimate of drug-likeness (QED) is 0.403. The maximum atomic E-state index is 11.0. The Morgan fingerprint density at radius 1 is 1.12 bits per heavy atom. The Kier molecular flexibility index (Phi) is 6.69. The second kappa shape index (κ2) is 9.65. The van der Waals surface area contributed by atoms with Gasteiger partial charge in [0.1, 0.15) is 24.4 Å². The zero-order valence-corrected chi connectivity index (χ0v) is 18.7. The van der Waals surface area contributed by atoms with Crippen LogP contribution in [0, 0.1) is 13.8 Å². The number of carbonyl (C=O) groups is 1. The second-order valence-corrected chi connectivity index (χ2v) is 8.49. The molecule has 0 saturated carbocycles. The van der Waals surface area contributed by atoms with Crippen molar-refractivity contribution < 1.29 is 23.0 Å².